The SMILES string of the molecule is [C-]#[N+][C@@H]1C[C@@]2(CN1C(=O)[C@H](CC(C)C)N(C)C(=O)c1ccc3c(C)cc(C)c(O)c3n1)C(=O)Nc1ccccc12. The summed E-state index contributed by atoms with van der Waals surface area (Å²) in [4.78, 5) is 52.1. The normalized spacial score (nSPS) is 20.5. The zero-order valence-electron chi connectivity index (χ0n) is 23.4. The Balaban J connectivity index is 1.48. The third kappa shape index (κ3) is 4.24. The number of likely N-dealkylation sites (tertiary alicyclic amines) is 1. The van der Waals surface area contributed by atoms with Crippen LogP contribution in [-0.2, 0) is 15.0 Å². The van der Waals surface area contributed by atoms with E-state index in [1.807, 2.05) is 51.1 Å². The highest BCUT2D eigenvalue weighted by atomic mass is 16.3. The van der Waals surface area contributed by atoms with E-state index in [9.17, 15) is 19.5 Å². The number of fused-ring (bicyclic) bond motifs is 3. The molecule has 5 rings (SSSR count). The number of aromatic hydroxyl groups is 1. The van der Waals surface area contributed by atoms with Gasteiger partial charge in [0.15, 0.2) is 0 Å². The first-order valence-electron chi connectivity index (χ1n) is 13.4. The number of amides is 3. The minimum Gasteiger partial charge on any atom is -0.505 e. The molecule has 40 heavy (non-hydrogen) atoms. The van der Waals surface area contributed by atoms with E-state index in [4.69, 9.17) is 6.57 Å². The fraction of sp³-hybridized carbons (Fsp3) is 0.387. The number of nitrogens with zero attached hydrogens (tertiary/aromatic N) is 4. The lowest BCUT2D eigenvalue weighted by atomic mass is 9.80. The smallest absolute Gasteiger partial charge is 0.302 e. The zero-order chi connectivity index (χ0) is 28.9. The van der Waals surface area contributed by atoms with Crippen LogP contribution in [0.1, 0.15) is 53.9 Å². The number of anilines is 1. The van der Waals surface area contributed by atoms with Crippen LogP contribution in [0.25, 0.3) is 15.7 Å². The van der Waals surface area contributed by atoms with Gasteiger partial charge in [-0.2, -0.15) is 0 Å². The predicted octanol–water partition coefficient (Wildman–Crippen LogP) is 4.41. The quantitative estimate of drug-likeness (QED) is 0.467. The van der Waals surface area contributed by atoms with Crippen molar-refractivity contribution in [1.82, 2.24) is 14.8 Å². The van der Waals surface area contributed by atoms with Crippen molar-refractivity contribution in [2.75, 3.05) is 18.9 Å². The second-order valence-corrected chi connectivity index (χ2v) is 11.4. The number of carbonyl (C=O) groups excluding carboxylic acids is 3. The molecule has 2 aliphatic rings. The van der Waals surface area contributed by atoms with E-state index in [2.05, 4.69) is 15.1 Å². The Morgan fingerprint density at radius 2 is 1.95 bits per heavy atom. The number of para-hydroxylation sites is 1. The second kappa shape index (κ2) is 9.94. The molecule has 0 bridgehead atoms. The van der Waals surface area contributed by atoms with Crippen LogP contribution in [0.5, 0.6) is 5.75 Å². The molecule has 9 heteroatoms. The van der Waals surface area contributed by atoms with E-state index < -0.39 is 23.5 Å². The Bertz CT molecular complexity index is 1590. The van der Waals surface area contributed by atoms with Gasteiger partial charge in [-0.15, -0.1) is 0 Å². The van der Waals surface area contributed by atoms with Crippen molar-refractivity contribution in [3.05, 3.63) is 76.3 Å². The van der Waals surface area contributed by atoms with Gasteiger partial charge in [0.25, 0.3) is 11.8 Å². The van der Waals surface area contributed by atoms with Crippen molar-refractivity contribution in [3.63, 3.8) is 0 Å². The predicted molar refractivity (Wildman–Crippen MR) is 152 cm³/mol. The third-order valence-electron chi connectivity index (χ3n) is 8.23. The maximum atomic E-state index is 14.1. The van der Waals surface area contributed by atoms with Crippen LogP contribution < -0.4 is 5.32 Å². The molecule has 2 aliphatic heterocycles. The number of likely N-dealkylation sites (N-methyl/N-ethyl adjacent to an activating group) is 1. The highest BCUT2D eigenvalue weighted by Gasteiger charge is 2.59. The van der Waals surface area contributed by atoms with E-state index in [1.54, 1.807) is 26.1 Å². The van der Waals surface area contributed by atoms with Crippen molar-refractivity contribution >= 4 is 34.3 Å². The monoisotopic (exact) mass is 539 g/mol. The van der Waals surface area contributed by atoms with Crippen LogP contribution in [0, 0.1) is 26.3 Å². The highest BCUT2D eigenvalue weighted by Crippen LogP contribution is 2.47. The molecule has 1 fully saturated rings. The molecule has 9 nitrogen and oxygen atoms in total. The van der Waals surface area contributed by atoms with Gasteiger partial charge in [0.1, 0.15) is 28.4 Å². The van der Waals surface area contributed by atoms with E-state index in [0.29, 0.717) is 23.2 Å². The zero-order valence-corrected chi connectivity index (χ0v) is 23.4. The molecule has 0 aliphatic carbocycles. The molecule has 0 radical (unpaired) electrons. The van der Waals surface area contributed by atoms with Crippen LogP contribution in [-0.4, -0.2) is 63.4 Å². The Hall–Kier alpha value is -4.45. The minimum atomic E-state index is -1.00. The first kappa shape index (κ1) is 27.1. The fourth-order valence-corrected chi connectivity index (χ4v) is 6.08. The van der Waals surface area contributed by atoms with Gasteiger partial charge >= 0.3 is 6.17 Å². The van der Waals surface area contributed by atoms with Gasteiger partial charge in [-0.3, -0.25) is 24.1 Å². The molecule has 3 heterocycles. The number of pyridine rings is 1. The number of nitrogens with one attached hydrogen (secondary N) is 1. The van der Waals surface area contributed by atoms with Crippen molar-refractivity contribution in [1.29, 1.82) is 0 Å². The van der Waals surface area contributed by atoms with E-state index in [-0.39, 0.29) is 42.1 Å². The molecule has 0 saturated carbocycles. The van der Waals surface area contributed by atoms with Gasteiger partial charge in [0.2, 0.25) is 5.91 Å². The van der Waals surface area contributed by atoms with Crippen LogP contribution in [0.15, 0.2) is 42.5 Å². The summed E-state index contributed by atoms with van der Waals surface area (Å²) in [5.41, 5.74) is 2.54. The Morgan fingerprint density at radius 3 is 2.65 bits per heavy atom. The van der Waals surface area contributed by atoms with Gasteiger partial charge in [-0.1, -0.05) is 44.2 Å². The fourth-order valence-electron chi connectivity index (χ4n) is 6.08. The van der Waals surface area contributed by atoms with Crippen LogP contribution in [0.3, 0.4) is 0 Å². The Kier molecular flexibility index (Phi) is 6.74. The van der Waals surface area contributed by atoms with E-state index >= 15 is 0 Å². The molecule has 1 aromatic heterocycles. The maximum absolute atomic E-state index is 14.1. The summed E-state index contributed by atoms with van der Waals surface area (Å²) in [7, 11) is 1.57. The van der Waals surface area contributed by atoms with Crippen LogP contribution >= 0.6 is 0 Å². The molecular formula is C31H33N5O4. The molecule has 2 N–H and O–H groups in total. The second-order valence-electron chi connectivity index (χ2n) is 11.4. The van der Waals surface area contributed by atoms with Crippen LogP contribution in [0.2, 0.25) is 0 Å². The maximum Gasteiger partial charge on any atom is 0.302 e. The number of benzene rings is 2. The van der Waals surface area contributed by atoms with Crippen molar-refractivity contribution in [2.24, 2.45) is 5.92 Å². The van der Waals surface area contributed by atoms with Crippen molar-refractivity contribution in [3.8, 4) is 5.75 Å². The highest BCUT2D eigenvalue weighted by molar-refractivity contribution is 6.07. The van der Waals surface area contributed by atoms with Crippen molar-refractivity contribution < 1.29 is 19.5 Å². The summed E-state index contributed by atoms with van der Waals surface area (Å²) in [6.45, 7) is 15.5. The molecule has 0 unspecified atom stereocenters. The van der Waals surface area contributed by atoms with Gasteiger partial charge < -0.3 is 15.3 Å². The van der Waals surface area contributed by atoms with E-state index in [1.165, 1.54) is 9.80 Å². The van der Waals surface area contributed by atoms with Crippen LogP contribution in [0.4, 0.5) is 5.69 Å². The first-order valence-corrected chi connectivity index (χ1v) is 13.4. The molecular weight excluding hydrogens is 506 g/mol. The Labute approximate surface area is 233 Å². The number of hydrogen-bond donors (Lipinski definition) is 2. The lowest BCUT2D eigenvalue weighted by molar-refractivity contribution is -0.136. The number of aryl methyl sites for hydroxylation is 2. The number of phenolic OH excluding ortho intramolecular Hbond substituents is 1. The number of rotatable bonds is 5. The van der Waals surface area contributed by atoms with Gasteiger partial charge in [-0.25, -0.2) is 11.6 Å². The average Bonchev–Trinajstić information content (AvgIpc) is 3.46. The summed E-state index contributed by atoms with van der Waals surface area (Å²) in [5.74, 6) is -0.952. The lowest BCUT2D eigenvalue weighted by Gasteiger charge is -2.32. The molecule has 3 amide bonds. The first-order chi connectivity index (χ1) is 19.0. The summed E-state index contributed by atoms with van der Waals surface area (Å²) in [6.07, 6.45) is -0.263. The summed E-state index contributed by atoms with van der Waals surface area (Å²) in [5, 5.41) is 14.3. The molecule has 3 atom stereocenters. The van der Waals surface area contributed by atoms with E-state index in [0.717, 1.165) is 16.5 Å². The minimum absolute atomic E-state index is 0.0186. The molecule has 206 valence electrons. The summed E-state index contributed by atoms with van der Waals surface area (Å²) >= 11 is 0. The van der Waals surface area contributed by atoms with Gasteiger partial charge in [-0.05, 0) is 55.0 Å². The summed E-state index contributed by atoms with van der Waals surface area (Å²) in [6, 6.07) is 11.7. The average molecular weight is 540 g/mol. The molecule has 1 spiro atoms. The molecule has 3 aromatic rings. The van der Waals surface area contributed by atoms with Gasteiger partial charge in [0, 0.05) is 24.7 Å². The standard InChI is InChI=1S/C31H33N5O4/c1-17(2)13-24(35(6)28(38)23-12-11-20-18(3)14-19(4)27(37)26(20)33-23)29(39)36-16-31(15-25(36)32-5)21-9-7-8-10-22(21)34-30(31)40/h7-12,14,17,24-25,37H,13,15-16H2,1-4,6H3,(H,34,40)/t24-,25-,31-/m0/s1. The Morgan fingerprint density at radius 1 is 1.23 bits per heavy atom. The largest absolute Gasteiger partial charge is 0.505 e. The van der Waals surface area contributed by atoms with Gasteiger partial charge in [0.05, 0.1) is 6.42 Å². The lowest BCUT2D eigenvalue weighted by Crippen LogP contribution is -2.51. The topological polar surface area (TPSA) is 107 Å². The molecule has 2 aromatic carbocycles. The summed E-state index contributed by atoms with van der Waals surface area (Å²) < 4.78 is 0. The molecule has 1 saturated heterocycles. The van der Waals surface area contributed by atoms with Crippen molar-refractivity contribution in [2.45, 2.75) is 58.2 Å². The third-order valence-corrected chi connectivity index (χ3v) is 8.23. The number of carbonyl (C=O) groups is 3. The number of hydrogen-bond acceptors (Lipinski definition) is 5. The number of phenols is 1. The number of aromatic nitrogens is 1.